The molecule has 0 aliphatic carbocycles. The van der Waals surface area contributed by atoms with Crippen LogP contribution in [0.25, 0.3) is 11.3 Å². The van der Waals surface area contributed by atoms with E-state index in [4.69, 9.17) is 0 Å². The highest BCUT2D eigenvalue weighted by molar-refractivity contribution is 5.68. The normalized spacial score (nSPS) is 10.4. The second kappa shape index (κ2) is 3.18. The number of aromatic hydroxyl groups is 1. The van der Waals surface area contributed by atoms with Crippen LogP contribution < -0.4 is 0 Å². The number of hydrogen-bond donors (Lipinski definition) is 2. The van der Waals surface area contributed by atoms with E-state index in [1.54, 1.807) is 12.1 Å². The lowest BCUT2D eigenvalue weighted by Crippen LogP contribution is -1.81. The number of phenolic OH excluding ortho intramolecular Hbond substituents is 1. The van der Waals surface area contributed by atoms with Gasteiger partial charge in [0.2, 0.25) is 0 Å². The predicted molar refractivity (Wildman–Crippen MR) is 55.2 cm³/mol. The van der Waals surface area contributed by atoms with E-state index in [1.165, 1.54) is 0 Å². The third-order valence-corrected chi connectivity index (χ3v) is 2.16. The number of aromatic amines is 1. The summed E-state index contributed by atoms with van der Waals surface area (Å²) in [4.78, 5) is 7.44. The molecule has 0 aliphatic rings. The van der Waals surface area contributed by atoms with Crippen LogP contribution in [0.15, 0.2) is 24.3 Å². The van der Waals surface area contributed by atoms with E-state index in [0.29, 0.717) is 0 Å². The van der Waals surface area contributed by atoms with Crippen molar-refractivity contribution in [1.29, 1.82) is 0 Å². The minimum absolute atomic E-state index is 0.266. The minimum Gasteiger partial charge on any atom is -0.507 e. The summed E-state index contributed by atoms with van der Waals surface area (Å²) in [6, 6.07) is 7.21. The standard InChI is InChI=1S/C11H12N2O/c1-7-11(13-8(2)12-7)9-5-3-4-6-10(9)14/h3-6,14H,1-2H3,(H,12,13). The number of rotatable bonds is 1. The molecule has 3 heteroatoms. The van der Waals surface area contributed by atoms with Crippen LogP contribution in [0.4, 0.5) is 0 Å². The van der Waals surface area contributed by atoms with Crippen LogP contribution >= 0.6 is 0 Å². The number of phenols is 1. The highest BCUT2D eigenvalue weighted by Crippen LogP contribution is 2.29. The number of nitrogens with zero attached hydrogens (tertiary/aromatic N) is 1. The molecule has 0 amide bonds. The van der Waals surface area contributed by atoms with Crippen molar-refractivity contribution in [2.75, 3.05) is 0 Å². The summed E-state index contributed by atoms with van der Waals surface area (Å²) in [5.74, 6) is 1.13. The molecular weight excluding hydrogens is 176 g/mol. The monoisotopic (exact) mass is 188 g/mol. The number of H-pyrrole nitrogens is 1. The Morgan fingerprint density at radius 2 is 1.93 bits per heavy atom. The van der Waals surface area contributed by atoms with Crippen LogP contribution in [-0.2, 0) is 0 Å². The first-order valence-electron chi connectivity index (χ1n) is 4.50. The Hall–Kier alpha value is -1.77. The molecule has 0 fully saturated rings. The van der Waals surface area contributed by atoms with Crippen molar-refractivity contribution in [2.45, 2.75) is 13.8 Å². The van der Waals surface area contributed by atoms with Gasteiger partial charge in [-0.2, -0.15) is 0 Å². The number of para-hydroxylation sites is 1. The molecule has 0 atom stereocenters. The molecule has 0 unspecified atom stereocenters. The van der Waals surface area contributed by atoms with Crippen molar-refractivity contribution in [2.24, 2.45) is 0 Å². The first-order chi connectivity index (χ1) is 6.68. The molecule has 1 aromatic carbocycles. The molecule has 0 saturated carbocycles. The second-order valence-electron chi connectivity index (χ2n) is 3.31. The zero-order valence-electron chi connectivity index (χ0n) is 8.20. The lowest BCUT2D eigenvalue weighted by molar-refractivity contribution is 0.477. The zero-order valence-corrected chi connectivity index (χ0v) is 8.20. The Labute approximate surface area is 82.4 Å². The van der Waals surface area contributed by atoms with Crippen molar-refractivity contribution in [3.63, 3.8) is 0 Å². The topological polar surface area (TPSA) is 48.9 Å². The van der Waals surface area contributed by atoms with Gasteiger partial charge in [-0.15, -0.1) is 0 Å². The smallest absolute Gasteiger partial charge is 0.125 e. The minimum atomic E-state index is 0.266. The molecule has 2 N–H and O–H groups in total. The summed E-state index contributed by atoms with van der Waals surface area (Å²) in [6.45, 7) is 3.85. The van der Waals surface area contributed by atoms with Gasteiger partial charge in [-0.3, -0.25) is 0 Å². The molecule has 2 aromatic rings. The third kappa shape index (κ3) is 1.37. The van der Waals surface area contributed by atoms with Gasteiger partial charge >= 0.3 is 0 Å². The first-order valence-corrected chi connectivity index (χ1v) is 4.50. The average Bonchev–Trinajstić information content (AvgIpc) is 2.46. The van der Waals surface area contributed by atoms with Gasteiger partial charge in [-0.25, -0.2) is 4.98 Å². The molecule has 0 spiro atoms. The van der Waals surface area contributed by atoms with E-state index in [1.807, 2.05) is 26.0 Å². The summed E-state index contributed by atoms with van der Waals surface area (Å²) in [5.41, 5.74) is 2.57. The van der Waals surface area contributed by atoms with Gasteiger partial charge in [-0.05, 0) is 26.0 Å². The van der Waals surface area contributed by atoms with Crippen LogP contribution in [0, 0.1) is 13.8 Å². The number of hydrogen-bond acceptors (Lipinski definition) is 2. The molecular formula is C11H12N2O. The Bertz CT molecular complexity index is 460. The van der Waals surface area contributed by atoms with E-state index < -0.39 is 0 Å². The third-order valence-electron chi connectivity index (χ3n) is 2.16. The molecule has 0 radical (unpaired) electrons. The molecule has 0 aliphatic heterocycles. The number of aryl methyl sites for hydroxylation is 2. The highest BCUT2D eigenvalue weighted by Gasteiger charge is 2.09. The van der Waals surface area contributed by atoms with Crippen LogP contribution in [-0.4, -0.2) is 15.1 Å². The number of imidazole rings is 1. The second-order valence-corrected chi connectivity index (χ2v) is 3.31. The summed E-state index contributed by atoms with van der Waals surface area (Å²) in [5, 5.41) is 9.64. The molecule has 0 saturated heterocycles. The van der Waals surface area contributed by atoms with Crippen LogP contribution in [0.2, 0.25) is 0 Å². The Morgan fingerprint density at radius 1 is 1.21 bits per heavy atom. The van der Waals surface area contributed by atoms with Gasteiger partial charge in [0.15, 0.2) is 0 Å². The molecule has 72 valence electrons. The van der Waals surface area contributed by atoms with Gasteiger partial charge in [0.05, 0.1) is 5.69 Å². The molecule has 14 heavy (non-hydrogen) atoms. The quantitative estimate of drug-likeness (QED) is 0.722. The van der Waals surface area contributed by atoms with E-state index in [-0.39, 0.29) is 5.75 Å². The van der Waals surface area contributed by atoms with Crippen LogP contribution in [0.5, 0.6) is 5.75 Å². The fraction of sp³-hybridized carbons (Fsp3) is 0.182. The lowest BCUT2D eigenvalue weighted by Gasteiger charge is -2.00. The summed E-state index contributed by atoms with van der Waals surface area (Å²) >= 11 is 0. The molecule has 2 rings (SSSR count). The van der Waals surface area contributed by atoms with Crippen LogP contribution in [0.3, 0.4) is 0 Å². The maximum Gasteiger partial charge on any atom is 0.125 e. The van der Waals surface area contributed by atoms with Gasteiger partial charge in [-0.1, -0.05) is 12.1 Å². The number of nitrogens with one attached hydrogen (secondary N) is 1. The Morgan fingerprint density at radius 3 is 2.50 bits per heavy atom. The molecule has 1 heterocycles. The highest BCUT2D eigenvalue weighted by atomic mass is 16.3. The summed E-state index contributed by atoms with van der Waals surface area (Å²) in [7, 11) is 0. The predicted octanol–water partition coefficient (Wildman–Crippen LogP) is 2.40. The maximum atomic E-state index is 9.64. The molecule has 3 nitrogen and oxygen atoms in total. The SMILES string of the molecule is Cc1nc(-c2ccccc2O)c(C)[nH]1. The van der Waals surface area contributed by atoms with Crippen molar-refractivity contribution in [3.8, 4) is 17.0 Å². The van der Waals surface area contributed by atoms with Gasteiger partial charge in [0, 0.05) is 11.3 Å². The summed E-state index contributed by atoms with van der Waals surface area (Å²) < 4.78 is 0. The summed E-state index contributed by atoms with van der Waals surface area (Å²) in [6.07, 6.45) is 0. The lowest BCUT2D eigenvalue weighted by atomic mass is 10.1. The van der Waals surface area contributed by atoms with Crippen LogP contribution in [0.1, 0.15) is 11.5 Å². The molecule has 1 aromatic heterocycles. The number of aromatic nitrogens is 2. The zero-order chi connectivity index (χ0) is 10.1. The Kier molecular flexibility index (Phi) is 2.00. The Balaban J connectivity index is 2.60. The number of benzene rings is 1. The fourth-order valence-electron chi connectivity index (χ4n) is 1.55. The van der Waals surface area contributed by atoms with E-state index in [2.05, 4.69) is 9.97 Å². The van der Waals surface area contributed by atoms with E-state index >= 15 is 0 Å². The van der Waals surface area contributed by atoms with Gasteiger partial charge in [0.25, 0.3) is 0 Å². The van der Waals surface area contributed by atoms with Gasteiger partial charge < -0.3 is 10.1 Å². The largest absolute Gasteiger partial charge is 0.507 e. The van der Waals surface area contributed by atoms with Crippen molar-refractivity contribution in [3.05, 3.63) is 35.8 Å². The first kappa shape index (κ1) is 8.81. The molecule has 0 bridgehead atoms. The van der Waals surface area contributed by atoms with Gasteiger partial charge in [0.1, 0.15) is 11.6 Å². The van der Waals surface area contributed by atoms with Crippen molar-refractivity contribution >= 4 is 0 Å². The maximum absolute atomic E-state index is 9.64. The van der Waals surface area contributed by atoms with E-state index in [0.717, 1.165) is 22.8 Å². The average molecular weight is 188 g/mol. The fourth-order valence-corrected chi connectivity index (χ4v) is 1.55. The van der Waals surface area contributed by atoms with Crippen molar-refractivity contribution < 1.29 is 5.11 Å². The van der Waals surface area contributed by atoms with Crippen molar-refractivity contribution in [1.82, 2.24) is 9.97 Å². The van der Waals surface area contributed by atoms with E-state index in [9.17, 15) is 5.11 Å².